The van der Waals surface area contributed by atoms with Crippen LogP contribution in [0.2, 0.25) is 0 Å². The summed E-state index contributed by atoms with van der Waals surface area (Å²) in [7, 11) is 1.69. The average Bonchev–Trinajstić information content (AvgIpc) is 2.23. The summed E-state index contributed by atoms with van der Waals surface area (Å²) in [4.78, 5) is 8.33. The summed E-state index contributed by atoms with van der Waals surface area (Å²) < 4.78 is 4.95. The van der Waals surface area contributed by atoms with Gasteiger partial charge in [-0.3, -0.25) is 0 Å². The lowest BCUT2D eigenvalue weighted by atomic mass is 10.4. The minimum absolute atomic E-state index is 0.489. The van der Waals surface area contributed by atoms with Crippen molar-refractivity contribution in [1.29, 1.82) is 0 Å². The molecule has 0 saturated heterocycles. The third kappa shape index (κ3) is 4.35. The predicted molar refractivity (Wildman–Crippen MR) is 63.2 cm³/mol. The summed E-state index contributed by atoms with van der Waals surface area (Å²) in [6.45, 7) is 1.56. The molecule has 0 fully saturated rings. The van der Waals surface area contributed by atoms with E-state index in [0.29, 0.717) is 11.0 Å². The third-order valence-electron chi connectivity index (χ3n) is 1.74. The molecule has 0 aliphatic carbocycles. The second kappa shape index (κ2) is 6.47. The van der Waals surface area contributed by atoms with Crippen LogP contribution in [0.1, 0.15) is 6.42 Å². The number of ether oxygens (including phenoxy) is 1. The van der Waals surface area contributed by atoms with Gasteiger partial charge in [0.05, 0.1) is 0 Å². The number of nitrogens with zero attached hydrogens (tertiary/aromatic N) is 2. The number of anilines is 2. The lowest BCUT2D eigenvalue weighted by Gasteiger charge is -2.06. The van der Waals surface area contributed by atoms with E-state index in [-0.39, 0.29) is 0 Å². The maximum absolute atomic E-state index is 5.64. The summed E-state index contributed by atoms with van der Waals surface area (Å²) in [6.07, 6.45) is 2.86. The zero-order chi connectivity index (χ0) is 11.1. The fourth-order valence-electron chi connectivity index (χ4n) is 1.06. The van der Waals surface area contributed by atoms with E-state index >= 15 is 0 Å². The zero-order valence-electron chi connectivity index (χ0n) is 8.99. The van der Waals surface area contributed by atoms with Crippen molar-refractivity contribution in [2.75, 3.05) is 37.6 Å². The second-order valence-electron chi connectivity index (χ2n) is 2.94. The molecule has 0 aliphatic heterocycles. The largest absolute Gasteiger partial charge is 0.385 e. The van der Waals surface area contributed by atoms with Crippen molar-refractivity contribution in [3.8, 4) is 0 Å². The molecule has 0 aliphatic rings. The molecule has 1 aromatic heterocycles. The second-order valence-corrected chi connectivity index (χ2v) is 3.71. The number of methoxy groups -OCH3 is 1. The molecule has 0 bridgehead atoms. The van der Waals surface area contributed by atoms with Crippen molar-refractivity contribution in [2.24, 2.45) is 0 Å². The van der Waals surface area contributed by atoms with Gasteiger partial charge in [0.25, 0.3) is 0 Å². The van der Waals surface area contributed by atoms with E-state index in [4.69, 9.17) is 10.5 Å². The van der Waals surface area contributed by atoms with E-state index in [2.05, 4.69) is 15.3 Å². The summed E-state index contributed by atoms with van der Waals surface area (Å²) in [5.74, 6) is 1.26. The Labute approximate surface area is 93.8 Å². The van der Waals surface area contributed by atoms with Gasteiger partial charge < -0.3 is 15.8 Å². The Morgan fingerprint density at radius 3 is 3.00 bits per heavy atom. The molecule has 1 rings (SSSR count). The maximum atomic E-state index is 5.64. The molecular formula is C9H16N4OS. The Hall–Kier alpha value is -1.01. The smallest absolute Gasteiger partial charge is 0.191 e. The molecule has 0 amide bonds. The minimum atomic E-state index is 0.489. The minimum Gasteiger partial charge on any atom is -0.385 e. The topological polar surface area (TPSA) is 73.1 Å². The maximum Gasteiger partial charge on any atom is 0.191 e. The van der Waals surface area contributed by atoms with Crippen molar-refractivity contribution in [1.82, 2.24) is 9.97 Å². The number of rotatable bonds is 6. The van der Waals surface area contributed by atoms with Crippen molar-refractivity contribution >= 4 is 23.4 Å². The van der Waals surface area contributed by atoms with E-state index < -0.39 is 0 Å². The fourth-order valence-corrected chi connectivity index (χ4v) is 1.44. The normalized spacial score (nSPS) is 10.3. The molecule has 0 aromatic carbocycles. The fraction of sp³-hybridized carbons (Fsp3) is 0.556. The highest BCUT2D eigenvalue weighted by Crippen LogP contribution is 2.14. The van der Waals surface area contributed by atoms with Crippen LogP contribution in [-0.2, 0) is 4.74 Å². The number of nitrogens with one attached hydrogen (secondary N) is 1. The van der Waals surface area contributed by atoms with Crippen LogP contribution in [-0.4, -0.2) is 36.5 Å². The molecule has 84 valence electrons. The first-order valence-electron chi connectivity index (χ1n) is 4.67. The Morgan fingerprint density at radius 2 is 2.33 bits per heavy atom. The molecular weight excluding hydrogens is 212 g/mol. The molecule has 0 atom stereocenters. The van der Waals surface area contributed by atoms with Crippen LogP contribution < -0.4 is 11.1 Å². The van der Waals surface area contributed by atoms with E-state index in [1.54, 1.807) is 13.2 Å². The standard InChI is InChI=1S/C9H16N4OS/c1-14-5-3-4-11-8-6-7(10)12-9(13-8)15-2/h6H,3-5H2,1-2H3,(H3,10,11,12,13). The first kappa shape index (κ1) is 12.1. The van der Waals surface area contributed by atoms with Crippen LogP contribution in [0.4, 0.5) is 11.6 Å². The Balaban J connectivity index is 2.49. The van der Waals surface area contributed by atoms with Gasteiger partial charge in [0, 0.05) is 26.3 Å². The van der Waals surface area contributed by atoms with Gasteiger partial charge in [-0.1, -0.05) is 11.8 Å². The van der Waals surface area contributed by atoms with Crippen LogP contribution in [0.5, 0.6) is 0 Å². The Bertz CT molecular complexity index is 308. The number of nitrogen functional groups attached to an aromatic ring is 1. The van der Waals surface area contributed by atoms with E-state index in [9.17, 15) is 0 Å². The lowest BCUT2D eigenvalue weighted by Crippen LogP contribution is -2.07. The summed E-state index contributed by atoms with van der Waals surface area (Å²) >= 11 is 1.47. The highest BCUT2D eigenvalue weighted by molar-refractivity contribution is 7.98. The van der Waals surface area contributed by atoms with Crippen LogP contribution in [0.25, 0.3) is 0 Å². The molecule has 6 heteroatoms. The van der Waals surface area contributed by atoms with Crippen LogP contribution in [0, 0.1) is 0 Å². The van der Waals surface area contributed by atoms with Gasteiger partial charge in [-0.05, 0) is 12.7 Å². The lowest BCUT2D eigenvalue weighted by molar-refractivity contribution is 0.197. The zero-order valence-corrected chi connectivity index (χ0v) is 9.80. The molecule has 0 saturated carbocycles. The quantitative estimate of drug-likeness (QED) is 0.433. The highest BCUT2D eigenvalue weighted by atomic mass is 32.2. The molecule has 0 spiro atoms. The Morgan fingerprint density at radius 1 is 1.53 bits per heavy atom. The van der Waals surface area contributed by atoms with Gasteiger partial charge >= 0.3 is 0 Å². The summed E-state index contributed by atoms with van der Waals surface area (Å²) in [6, 6.07) is 1.73. The Kier molecular flexibility index (Phi) is 5.20. The molecule has 1 aromatic rings. The van der Waals surface area contributed by atoms with Gasteiger partial charge in [0.1, 0.15) is 11.6 Å². The van der Waals surface area contributed by atoms with E-state index in [0.717, 1.165) is 25.4 Å². The summed E-state index contributed by atoms with van der Waals surface area (Å²) in [5, 5.41) is 3.86. The highest BCUT2D eigenvalue weighted by Gasteiger charge is 2.00. The molecule has 3 N–H and O–H groups in total. The molecule has 15 heavy (non-hydrogen) atoms. The monoisotopic (exact) mass is 228 g/mol. The molecule has 0 radical (unpaired) electrons. The van der Waals surface area contributed by atoms with Gasteiger partial charge in [-0.15, -0.1) is 0 Å². The molecule has 0 unspecified atom stereocenters. The molecule has 5 nitrogen and oxygen atoms in total. The average molecular weight is 228 g/mol. The van der Waals surface area contributed by atoms with Gasteiger partial charge in [0.2, 0.25) is 0 Å². The number of hydrogen-bond acceptors (Lipinski definition) is 6. The SMILES string of the molecule is COCCCNc1cc(N)nc(SC)n1. The van der Waals surface area contributed by atoms with Crippen LogP contribution in [0.3, 0.4) is 0 Å². The number of thioether (sulfide) groups is 1. The van der Waals surface area contributed by atoms with E-state index in [1.807, 2.05) is 6.26 Å². The third-order valence-corrected chi connectivity index (χ3v) is 2.29. The van der Waals surface area contributed by atoms with Gasteiger partial charge in [-0.2, -0.15) is 0 Å². The number of nitrogens with two attached hydrogens (primary N) is 1. The van der Waals surface area contributed by atoms with E-state index in [1.165, 1.54) is 11.8 Å². The number of hydrogen-bond donors (Lipinski definition) is 2. The molecule has 1 heterocycles. The first-order chi connectivity index (χ1) is 7.26. The van der Waals surface area contributed by atoms with Gasteiger partial charge in [-0.25, -0.2) is 9.97 Å². The number of aromatic nitrogens is 2. The first-order valence-corrected chi connectivity index (χ1v) is 5.90. The van der Waals surface area contributed by atoms with Crippen molar-refractivity contribution < 1.29 is 4.74 Å². The van der Waals surface area contributed by atoms with Crippen molar-refractivity contribution in [3.63, 3.8) is 0 Å². The van der Waals surface area contributed by atoms with Crippen molar-refractivity contribution in [2.45, 2.75) is 11.6 Å². The predicted octanol–water partition coefficient (Wildman–Crippen LogP) is 1.23. The van der Waals surface area contributed by atoms with Crippen molar-refractivity contribution in [3.05, 3.63) is 6.07 Å². The van der Waals surface area contributed by atoms with Gasteiger partial charge in [0.15, 0.2) is 5.16 Å². The van der Waals surface area contributed by atoms with Crippen LogP contribution >= 0.6 is 11.8 Å². The van der Waals surface area contributed by atoms with Crippen LogP contribution in [0.15, 0.2) is 11.2 Å². The summed E-state index contributed by atoms with van der Waals surface area (Å²) in [5.41, 5.74) is 5.64.